The Bertz CT molecular complexity index is 729. The Kier molecular flexibility index (Phi) is 7.43. The van der Waals surface area contributed by atoms with Crippen molar-refractivity contribution in [3.8, 4) is 0 Å². The summed E-state index contributed by atoms with van der Waals surface area (Å²) in [6.45, 7) is -0.182. The van der Waals surface area contributed by atoms with Gasteiger partial charge in [-0.05, 0) is 51.4 Å². The molecule has 5 fully saturated rings. The van der Waals surface area contributed by atoms with Gasteiger partial charge < -0.3 is 38.3 Å². The minimum absolute atomic E-state index is 0.0537. The number of aliphatic hydroxyl groups is 1. The van der Waals surface area contributed by atoms with Crippen molar-refractivity contribution in [2.45, 2.75) is 94.7 Å². The van der Waals surface area contributed by atoms with Crippen molar-refractivity contribution < 1.29 is 47.9 Å². The molecule has 1 N–H and O–H groups in total. The van der Waals surface area contributed by atoms with Crippen LogP contribution in [0.5, 0.6) is 0 Å². The first-order valence-electron chi connectivity index (χ1n) is 12.6. The first kappa shape index (κ1) is 24.4. The molecule has 0 aromatic heterocycles. The summed E-state index contributed by atoms with van der Waals surface area (Å²) in [5.74, 6) is -0.124. The van der Waals surface area contributed by atoms with E-state index in [2.05, 4.69) is 0 Å². The molecule has 5 rings (SSSR count). The van der Waals surface area contributed by atoms with Gasteiger partial charge in [0, 0.05) is 11.8 Å². The lowest BCUT2D eigenvalue weighted by Gasteiger charge is -2.43. The molecule has 34 heavy (non-hydrogen) atoms. The summed E-state index contributed by atoms with van der Waals surface area (Å²) < 4.78 is 40.8. The van der Waals surface area contributed by atoms with Gasteiger partial charge in [0.15, 0.2) is 18.9 Å². The van der Waals surface area contributed by atoms with Gasteiger partial charge in [0.1, 0.15) is 24.4 Å². The summed E-state index contributed by atoms with van der Waals surface area (Å²) in [5, 5.41) is 9.97. The third-order valence-corrected chi connectivity index (χ3v) is 8.30. The predicted molar refractivity (Wildman–Crippen MR) is 114 cm³/mol. The van der Waals surface area contributed by atoms with Crippen LogP contribution in [0.1, 0.15) is 51.4 Å². The monoisotopic (exact) mass is 484 g/mol. The van der Waals surface area contributed by atoms with E-state index < -0.39 is 37.2 Å². The highest BCUT2D eigenvalue weighted by Crippen LogP contribution is 2.45. The molecule has 3 heterocycles. The van der Waals surface area contributed by atoms with Crippen LogP contribution in [-0.2, 0) is 42.7 Å². The van der Waals surface area contributed by atoms with E-state index in [4.69, 9.17) is 33.2 Å². The Balaban J connectivity index is 1.18. The van der Waals surface area contributed by atoms with Gasteiger partial charge in [0.2, 0.25) is 0 Å². The van der Waals surface area contributed by atoms with Gasteiger partial charge in [-0.2, -0.15) is 0 Å². The number of fused-ring (bicyclic) bond motifs is 3. The zero-order valence-corrected chi connectivity index (χ0v) is 19.8. The molecule has 3 saturated heterocycles. The minimum Gasteiger partial charge on any atom is -0.469 e. The first-order chi connectivity index (χ1) is 16.5. The van der Waals surface area contributed by atoms with Crippen molar-refractivity contribution in [3.63, 3.8) is 0 Å². The molecule has 0 radical (unpaired) electrons. The summed E-state index contributed by atoms with van der Waals surface area (Å²) in [5.41, 5.74) is 0. The molecule has 2 aliphatic carbocycles. The highest BCUT2D eigenvalue weighted by molar-refractivity contribution is 5.72. The van der Waals surface area contributed by atoms with Gasteiger partial charge in [-0.3, -0.25) is 9.59 Å². The number of carbonyl (C=O) groups excluding carboxylic acids is 2. The van der Waals surface area contributed by atoms with Crippen LogP contribution in [-0.4, -0.2) is 81.2 Å². The average Bonchev–Trinajstić information content (AvgIpc) is 3.46. The van der Waals surface area contributed by atoms with E-state index in [0.29, 0.717) is 0 Å². The SMILES string of the molecule is COC(=O)C1CCC(C2OC3OC4C(CO)OC(C5CCC(C(=O)OC)CC5)OC4C3O2)CC1. The number of aliphatic hydroxyl groups excluding tert-OH is 1. The zero-order valence-electron chi connectivity index (χ0n) is 19.8. The molecule has 0 amide bonds. The molecule has 0 aromatic carbocycles. The largest absolute Gasteiger partial charge is 0.469 e. The Labute approximate surface area is 199 Å². The Morgan fingerprint density at radius 1 is 0.647 bits per heavy atom. The molecular weight excluding hydrogens is 448 g/mol. The number of methoxy groups -OCH3 is 2. The number of ether oxygens (including phenoxy) is 7. The first-order valence-corrected chi connectivity index (χ1v) is 12.6. The van der Waals surface area contributed by atoms with Gasteiger partial charge in [0.05, 0.1) is 32.7 Å². The number of rotatable bonds is 5. The van der Waals surface area contributed by atoms with Crippen LogP contribution in [0.25, 0.3) is 0 Å². The van der Waals surface area contributed by atoms with E-state index >= 15 is 0 Å². The van der Waals surface area contributed by atoms with E-state index in [9.17, 15) is 14.7 Å². The van der Waals surface area contributed by atoms with Crippen molar-refractivity contribution in [1.82, 2.24) is 0 Å². The highest BCUT2D eigenvalue weighted by atomic mass is 16.8. The van der Waals surface area contributed by atoms with Gasteiger partial charge >= 0.3 is 11.9 Å². The lowest BCUT2D eigenvalue weighted by molar-refractivity contribution is -0.318. The third-order valence-electron chi connectivity index (χ3n) is 8.30. The maximum absolute atomic E-state index is 11.9. The highest BCUT2D eigenvalue weighted by Gasteiger charge is 2.59. The van der Waals surface area contributed by atoms with Crippen LogP contribution in [0.15, 0.2) is 0 Å². The van der Waals surface area contributed by atoms with E-state index in [1.165, 1.54) is 14.2 Å². The Hall–Kier alpha value is -1.30. The molecule has 2 saturated carbocycles. The second kappa shape index (κ2) is 10.4. The standard InChI is InChI=1S/C24H36O10/c1-28-20(26)12-3-7-14(8-4-12)22-30-16(11-25)17-18(32-22)19-24(31-17)34-23(33-19)15-9-5-13(6-10-15)21(27)29-2/h12-19,22-25H,3-11H2,1-2H3. The molecule has 10 heteroatoms. The Morgan fingerprint density at radius 2 is 1.12 bits per heavy atom. The normalized spacial score (nSPS) is 46.4. The van der Waals surface area contributed by atoms with Gasteiger partial charge in [-0.1, -0.05) is 0 Å². The predicted octanol–water partition coefficient (Wildman–Crippen LogP) is 1.51. The van der Waals surface area contributed by atoms with Gasteiger partial charge in [-0.15, -0.1) is 0 Å². The van der Waals surface area contributed by atoms with Crippen LogP contribution < -0.4 is 0 Å². The van der Waals surface area contributed by atoms with Crippen LogP contribution in [0.2, 0.25) is 0 Å². The Morgan fingerprint density at radius 3 is 1.62 bits per heavy atom. The van der Waals surface area contributed by atoms with Crippen molar-refractivity contribution in [2.24, 2.45) is 23.7 Å². The van der Waals surface area contributed by atoms with Crippen LogP contribution in [0.4, 0.5) is 0 Å². The van der Waals surface area contributed by atoms with Crippen LogP contribution in [0, 0.1) is 23.7 Å². The second-order valence-corrected chi connectivity index (χ2v) is 10.2. The summed E-state index contributed by atoms with van der Waals surface area (Å²) in [4.78, 5) is 23.7. The topological polar surface area (TPSA) is 119 Å². The lowest BCUT2D eigenvalue weighted by atomic mass is 9.81. The number of hydrogen-bond donors (Lipinski definition) is 1. The van der Waals surface area contributed by atoms with Crippen LogP contribution >= 0.6 is 0 Å². The molecule has 192 valence electrons. The molecule has 5 aliphatic rings. The molecule has 0 spiro atoms. The van der Waals surface area contributed by atoms with E-state index in [-0.39, 0.29) is 48.3 Å². The van der Waals surface area contributed by atoms with Gasteiger partial charge in [0.25, 0.3) is 0 Å². The fourth-order valence-electron chi connectivity index (χ4n) is 6.29. The molecule has 10 nitrogen and oxygen atoms in total. The molecule has 3 aliphatic heterocycles. The maximum Gasteiger partial charge on any atom is 0.308 e. The summed E-state index contributed by atoms with van der Waals surface area (Å²) in [7, 11) is 2.85. The smallest absolute Gasteiger partial charge is 0.308 e. The molecule has 7 atom stereocenters. The lowest BCUT2D eigenvalue weighted by Crippen LogP contribution is -2.55. The minimum atomic E-state index is -0.565. The quantitative estimate of drug-likeness (QED) is 0.575. The van der Waals surface area contributed by atoms with Crippen molar-refractivity contribution in [2.75, 3.05) is 20.8 Å². The molecule has 0 bridgehead atoms. The van der Waals surface area contributed by atoms with Crippen molar-refractivity contribution in [1.29, 1.82) is 0 Å². The summed E-state index contributed by atoms with van der Waals surface area (Å²) in [6.07, 6.45) is 3.00. The van der Waals surface area contributed by atoms with Crippen LogP contribution in [0.3, 0.4) is 0 Å². The van der Waals surface area contributed by atoms with Gasteiger partial charge in [-0.25, -0.2) is 0 Å². The fourth-order valence-corrected chi connectivity index (χ4v) is 6.29. The van der Waals surface area contributed by atoms with E-state index in [1.807, 2.05) is 0 Å². The fraction of sp³-hybridized carbons (Fsp3) is 0.917. The van der Waals surface area contributed by atoms with Crippen molar-refractivity contribution in [3.05, 3.63) is 0 Å². The third kappa shape index (κ3) is 4.60. The maximum atomic E-state index is 11.9. The number of hydrogen-bond acceptors (Lipinski definition) is 10. The molecule has 0 aromatic rings. The van der Waals surface area contributed by atoms with E-state index in [0.717, 1.165) is 51.4 Å². The number of carbonyl (C=O) groups is 2. The number of esters is 2. The summed E-state index contributed by atoms with van der Waals surface area (Å²) in [6, 6.07) is 0. The zero-order chi connectivity index (χ0) is 23.8. The second-order valence-electron chi connectivity index (χ2n) is 10.2. The average molecular weight is 485 g/mol. The summed E-state index contributed by atoms with van der Waals surface area (Å²) >= 11 is 0. The molecule has 7 unspecified atom stereocenters. The van der Waals surface area contributed by atoms with Crippen molar-refractivity contribution >= 4 is 11.9 Å². The molecular formula is C24H36O10. The van der Waals surface area contributed by atoms with E-state index in [1.54, 1.807) is 0 Å².